The van der Waals surface area contributed by atoms with Crippen molar-refractivity contribution in [2.75, 3.05) is 0 Å². The van der Waals surface area contributed by atoms with Gasteiger partial charge >= 0.3 is 0 Å². The number of aliphatic imine (C=N–C) groups is 1. The number of carbonyl (C=O) groups is 1. The van der Waals surface area contributed by atoms with Crippen LogP contribution in [0.25, 0.3) is 5.41 Å². The van der Waals surface area contributed by atoms with Gasteiger partial charge in [0.05, 0.1) is 0 Å². The molecule has 60 valence electrons. The number of rotatable bonds is 1. The average Bonchev–Trinajstić information content (AvgIpc) is 2.06. The topological polar surface area (TPSA) is 51.7 Å². The van der Waals surface area contributed by atoms with E-state index < -0.39 is 5.91 Å². The summed E-state index contributed by atoms with van der Waals surface area (Å²) in [5.41, 5.74) is 0.362. The van der Waals surface area contributed by atoms with E-state index in [0.717, 1.165) is 0 Å². The minimum Gasteiger partial charge on any atom is -0.422 e. The normalized spacial score (nSPS) is 8.75. The van der Waals surface area contributed by atoms with Crippen LogP contribution in [-0.2, 0) is 0 Å². The lowest BCUT2D eigenvalue weighted by molar-refractivity contribution is 0.100. The molecule has 0 aliphatic heterocycles. The summed E-state index contributed by atoms with van der Waals surface area (Å²) in [5.74, 6) is -0.547. The molecular formula is C8H4ClN2O-. The Bertz CT molecular complexity index is 339. The largest absolute Gasteiger partial charge is 0.422 e. The van der Waals surface area contributed by atoms with E-state index in [1.165, 1.54) is 18.1 Å². The van der Waals surface area contributed by atoms with Crippen LogP contribution in [0.3, 0.4) is 0 Å². The van der Waals surface area contributed by atoms with Crippen molar-refractivity contribution in [3.63, 3.8) is 0 Å². The molecule has 1 aromatic rings. The molecule has 0 radical (unpaired) electrons. The third-order valence-corrected chi connectivity index (χ3v) is 1.49. The fourth-order valence-corrected chi connectivity index (χ4v) is 0.828. The van der Waals surface area contributed by atoms with Gasteiger partial charge in [-0.15, -0.1) is 6.01 Å². The molecule has 0 fully saturated rings. The standard InChI is InChI=1S/C8H4ClN2O/c9-7-3-1-6(2-4-7)8(12)11-5-10/h1-4H/q-1. The number of carbonyl (C=O) groups excluding carboxylic acids is 1. The highest BCUT2D eigenvalue weighted by Crippen LogP contribution is 2.09. The van der Waals surface area contributed by atoms with Crippen LogP contribution in [0, 0.1) is 0 Å². The van der Waals surface area contributed by atoms with Crippen molar-refractivity contribution >= 4 is 23.5 Å². The molecule has 0 saturated carbocycles. The highest BCUT2D eigenvalue weighted by molar-refractivity contribution is 6.30. The molecule has 0 saturated heterocycles. The Kier molecular flexibility index (Phi) is 2.75. The van der Waals surface area contributed by atoms with Gasteiger partial charge < -0.3 is 10.4 Å². The number of benzene rings is 1. The SMILES string of the molecule is [N-]=C=NC(=O)c1ccc(Cl)cc1. The summed E-state index contributed by atoms with van der Waals surface area (Å²) in [4.78, 5) is 14.0. The molecule has 0 N–H and O–H groups in total. The van der Waals surface area contributed by atoms with Crippen LogP contribution in [0.15, 0.2) is 29.3 Å². The molecule has 0 bridgehead atoms. The second kappa shape index (κ2) is 3.81. The van der Waals surface area contributed by atoms with E-state index in [2.05, 4.69) is 4.99 Å². The lowest BCUT2D eigenvalue weighted by atomic mass is 10.2. The Morgan fingerprint density at radius 3 is 2.50 bits per heavy atom. The number of nitrogens with zero attached hydrogens (tertiary/aromatic N) is 2. The molecule has 12 heavy (non-hydrogen) atoms. The molecule has 0 atom stereocenters. The van der Waals surface area contributed by atoms with Crippen LogP contribution < -0.4 is 0 Å². The maximum atomic E-state index is 10.9. The summed E-state index contributed by atoms with van der Waals surface area (Å²) in [6.07, 6.45) is 0. The Labute approximate surface area is 74.2 Å². The summed E-state index contributed by atoms with van der Waals surface area (Å²) in [5, 5.41) is 8.63. The average molecular weight is 180 g/mol. The van der Waals surface area contributed by atoms with Gasteiger partial charge in [-0.25, -0.2) is 0 Å². The van der Waals surface area contributed by atoms with Crippen molar-refractivity contribution in [1.82, 2.24) is 0 Å². The fourth-order valence-electron chi connectivity index (χ4n) is 0.702. The number of hydrogen-bond donors (Lipinski definition) is 0. The third kappa shape index (κ3) is 2.02. The van der Waals surface area contributed by atoms with Gasteiger partial charge in [-0.05, 0) is 24.3 Å². The molecule has 1 aromatic carbocycles. The van der Waals surface area contributed by atoms with Crippen molar-refractivity contribution < 1.29 is 4.79 Å². The zero-order valence-corrected chi connectivity index (χ0v) is 6.75. The molecule has 1 rings (SSSR count). The predicted octanol–water partition coefficient (Wildman–Crippen LogP) is 2.22. The fraction of sp³-hybridized carbons (Fsp3) is 0. The van der Waals surface area contributed by atoms with E-state index in [-0.39, 0.29) is 0 Å². The minimum atomic E-state index is -0.547. The zero-order valence-electron chi connectivity index (χ0n) is 5.99. The smallest absolute Gasteiger partial charge is 0.184 e. The maximum absolute atomic E-state index is 10.9. The van der Waals surface area contributed by atoms with Gasteiger partial charge in [0.2, 0.25) is 0 Å². The van der Waals surface area contributed by atoms with E-state index >= 15 is 0 Å². The Hall–Kier alpha value is -1.44. The van der Waals surface area contributed by atoms with Gasteiger partial charge in [-0.1, -0.05) is 11.6 Å². The molecule has 0 aliphatic carbocycles. The lowest BCUT2D eigenvalue weighted by Gasteiger charge is -1.97. The predicted molar refractivity (Wildman–Crippen MR) is 46.6 cm³/mol. The number of halogens is 1. The zero-order chi connectivity index (χ0) is 8.97. The third-order valence-electron chi connectivity index (χ3n) is 1.24. The second-order valence-electron chi connectivity index (χ2n) is 2.02. The summed E-state index contributed by atoms with van der Waals surface area (Å²) < 4.78 is 0. The van der Waals surface area contributed by atoms with Crippen molar-refractivity contribution in [3.8, 4) is 0 Å². The molecule has 3 nitrogen and oxygen atoms in total. The van der Waals surface area contributed by atoms with Crippen LogP contribution >= 0.6 is 11.6 Å². The highest BCUT2D eigenvalue weighted by atomic mass is 35.5. The molecule has 0 unspecified atom stereocenters. The Morgan fingerprint density at radius 2 is 2.00 bits per heavy atom. The molecule has 1 amide bonds. The monoisotopic (exact) mass is 179 g/mol. The quantitative estimate of drug-likeness (QED) is 0.610. The summed E-state index contributed by atoms with van der Waals surface area (Å²) >= 11 is 5.59. The van der Waals surface area contributed by atoms with Gasteiger partial charge in [0, 0.05) is 10.6 Å². The van der Waals surface area contributed by atoms with Gasteiger partial charge in [0.15, 0.2) is 5.91 Å². The first-order chi connectivity index (χ1) is 5.74. The molecule has 0 heterocycles. The first-order valence-corrected chi connectivity index (χ1v) is 3.51. The van der Waals surface area contributed by atoms with Gasteiger partial charge in [0.25, 0.3) is 0 Å². The molecule has 0 spiro atoms. The Balaban J connectivity index is 2.97. The van der Waals surface area contributed by atoms with Crippen LogP contribution in [-0.4, -0.2) is 11.9 Å². The van der Waals surface area contributed by atoms with Gasteiger partial charge in [0.1, 0.15) is 0 Å². The second-order valence-corrected chi connectivity index (χ2v) is 2.46. The van der Waals surface area contributed by atoms with Crippen molar-refractivity contribution in [1.29, 1.82) is 0 Å². The van der Waals surface area contributed by atoms with E-state index in [1.54, 1.807) is 12.1 Å². The molecular weight excluding hydrogens is 176 g/mol. The minimum absolute atomic E-state index is 0.362. The highest BCUT2D eigenvalue weighted by Gasteiger charge is 1.95. The molecule has 0 aliphatic rings. The van der Waals surface area contributed by atoms with Crippen LogP contribution in [0.5, 0.6) is 0 Å². The van der Waals surface area contributed by atoms with Crippen LogP contribution in [0.4, 0.5) is 0 Å². The van der Waals surface area contributed by atoms with Crippen LogP contribution in [0.1, 0.15) is 10.4 Å². The van der Waals surface area contributed by atoms with Crippen molar-refractivity contribution in [2.45, 2.75) is 0 Å². The molecule has 0 aromatic heterocycles. The van der Waals surface area contributed by atoms with E-state index in [9.17, 15) is 4.79 Å². The van der Waals surface area contributed by atoms with Crippen molar-refractivity contribution in [3.05, 3.63) is 40.3 Å². The van der Waals surface area contributed by atoms with Gasteiger partial charge in [-0.2, -0.15) is 0 Å². The molecule has 4 heteroatoms. The first kappa shape index (κ1) is 8.65. The van der Waals surface area contributed by atoms with Crippen LogP contribution in [0.2, 0.25) is 5.02 Å². The van der Waals surface area contributed by atoms with E-state index in [1.807, 2.05) is 0 Å². The number of hydrogen-bond acceptors (Lipinski definition) is 1. The van der Waals surface area contributed by atoms with E-state index in [0.29, 0.717) is 10.6 Å². The summed E-state index contributed by atoms with van der Waals surface area (Å²) in [7, 11) is 0. The van der Waals surface area contributed by atoms with Crippen molar-refractivity contribution in [2.24, 2.45) is 4.99 Å². The first-order valence-electron chi connectivity index (χ1n) is 3.14. The summed E-state index contributed by atoms with van der Waals surface area (Å²) in [6, 6.07) is 7.60. The van der Waals surface area contributed by atoms with Gasteiger partial charge in [-0.3, -0.25) is 4.79 Å². The summed E-state index contributed by atoms with van der Waals surface area (Å²) in [6.45, 7) is 0. The number of amides is 1. The van der Waals surface area contributed by atoms with E-state index in [4.69, 9.17) is 17.0 Å². The lowest BCUT2D eigenvalue weighted by Crippen LogP contribution is -1.92. The Morgan fingerprint density at radius 1 is 1.42 bits per heavy atom. The maximum Gasteiger partial charge on any atom is 0.184 e.